The highest BCUT2D eigenvalue weighted by molar-refractivity contribution is 9.10. The molecule has 0 radical (unpaired) electrons. The molecule has 1 heterocycles. The minimum absolute atomic E-state index is 0.506. The zero-order valence-corrected chi connectivity index (χ0v) is 11.9. The molecule has 0 unspecified atom stereocenters. The van der Waals surface area contributed by atoms with Crippen LogP contribution in [0.25, 0.3) is 0 Å². The fourth-order valence-electron chi connectivity index (χ4n) is 2.32. The van der Waals surface area contributed by atoms with Gasteiger partial charge in [-0.3, -0.25) is 0 Å². The molecule has 0 spiro atoms. The fraction of sp³-hybridized carbons (Fsp3) is 0.462. The quantitative estimate of drug-likeness (QED) is 0.633. The second-order valence-corrected chi connectivity index (χ2v) is 5.32. The van der Waals surface area contributed by atoms with E-state index in [0.29, 0.717) is 34.9 Å². The Morgan fingerprint density at radius 3 is 2.79 bits per heavy atom. The van der Waals surface area contributed by atoms with Crippen molar-refractivity contribution in [2.24, 2.45) is 4.99 Å². The number of methoxy groups -OCH3 is 1. The summed E-state index contributed by atoms with van der Waals surface area (Å²) in [7, 11) is 1.58. The molecule has 1 saturated carbocycles. The van der Waals surface area contributed by atoms with E-state index >= 15 is 0 Å². The number of halogens is 1. The van der Waals surface area contributed by atoms with E-state index in [1.54, 1.807) is 13.2 Å². The van der Waals surface area contributed by atoms with Crippen LogP contribution >= 0.6 is 15.9 Å². The lowest BCUT2D eigenvalue weighted by atomic mass is 10.0. The van der Waals surface area contributed by atoms with Crippen molar-refractivity contribution in [2.75, 3.05) is 20.3 Å². The van der Waals surface area contributed by atoms with Gasteiger partial charge in [-0.1, -0.05) is 0 Å². The van der Waals surface area contributed by atoms with E-state index in [2.05, 4.69) is 20.9 Å². The molecule has 0 bridgehead atoms. The van der Waals surface area contributed by atoms with Crippen molar-refractivity contribution in [3.05, 3.63) is 16.1 Å². The van der Waals surface area contributed by atoms with Gasteiger partial charge in [-0.25, -0.2) is 4.79 Å². The van der Waals surface area contributed by atoms with Crippen LogP contribution in [0.1, 0.15) is 18.4 Å². The summed E-state index contributed by atoms with van der Waals surface area (Å²) < 4.78 is 17.3. The van der Waals surface area contributed by atoms with Gasteiger partial charge in [0.2, 0.25) is 6.08 Å². The topological polar surface area (TPSA) is 57.1 Å². The maximum atomic E-state index is 10.6. The molecular weight excluding hydrogens is 314 g/mol. The van der Waals surface area contributed by atoms with Crippen LogP contribution in [-0.2, 0) is 10.3 Å². The normalized spacial score (nSPS) is 18.4. The van der Waals surface area contributed by atoms with Gasteiger partial charge in [-0.15, -0.1) is 0 Å². The van der Waals surface area contributed by atoms with Gasteiger partial charge in [-0.2, -0.15) is 4.99 Å². The highest BCUT2D eigenvalue weighted by Gasteiger charge is 2.48. The fourth-order valence-corrected chi connectivity index (χ4v) is 3.01. The van der Waals surface area contributed by atoms with Gasteiger partial charge < -0.3 is 14.2 Å². The molecule has 1 aromatic rings. The minimum atomic E-state index is -0.508. The van der Waals surface area contributed by atoms with Crippen LogP contribution < -0.4 is 14.2 Å². The third-order valence-corrected chi connectivity index (χ3v) is 4.14. The summed E-state index contributed by atoms with van der Waals surface area (Å²) in [5, 5.41) is 0. The lowest BCUT2D eigenvalue weighted by molar-refractivity contribution is 0.169. The van der Waals surface area contributed by atoms with Gasteiger partial charge in [0.25, 0.3) is 0 Å². The van der Waals surface area contributed by atoms with Crippen LogP contribution in [0.4, 0.5) is 0 Å². The van der Waals surface area contributed by atoms with Gasteiger partial charge in [0, 0.05) is 5.56 Å². The Kier molecular flexibility index (Phi) is 2.99. The summed E-state index contributed by atoms with van der Waals surface area (Å²) in [5.74, 6) is 1.93. The minimum Gasteiger partial charge on any atom is -0.495 e. The predicted octanol–water partition coefficient (Wildman–Crippen LogP) is 2.55. The maximum Gasteiger partial charge on any atom is 0.235 e. The Balaban J connectivity index is 2.19. The summed E-state index contributed by atoms with van der Waals surface area (Å²) in [6.45, 7) is 1.01. The summed E-state index contributed by atoms with van der Waals surface area (Å²) in [5.41, 5.74) is 0.334. The highest BCUT2D eigenvalue weighted by Crippen LogP contribution is 2.57. The molecule has 0 atom stereocenters. The predicted molar refractivity (Wildman–Crippen MR) is 70.7 cm³/mol. The summed E-state index contributed by atoms with van der Waals surface area (Å²) in [6.07, 6.45) is 3.27. The van der Waals surface area contributed by atoms with E-state index in [1.807, 2.05) is 6.07 Å². The third-order valence-electron chi connectivity index (χ3n) is 3.42. The van der Waals surface area contributed by atoms with Crippen LogP contribution in [0.2, 0.25) is 0 Å². The van der Waals surface area contributed by atoms with Gasteiger partial charge in [0.1, 0.15) is 29.0 Å². The standard InChI is InChI=1S/C13H12BrNO4/c1-17-11-8(13(2-3-13)15-7-16)6-9-12(10(11)14)19-5-4-18-9/h6H,2-5H2,1H3. The highest BCUT2D eigenvalue weighted by atomic mass is 79.9. The molecule has 3 rings (SSSR count). The van der Waals surface area contributed by atoms with Gasteiger partial charge in [0.15, 0.2) is 11.5 Å². The number of carbonyl (C=O) groups excluding carboxylic acids is 1. The second kappa shape index (κ2) is 4.54. The average Bonchev–Trinajstić information content (AvgIpc) is 3.20. The lowest BCUT2D eigenvalue weighted by Gasteiger charge is -2.24. The first-order chi connectivity index (χ1) is 9.22. The van der Waals surface area contributed by atoms with E-state index in [4.69, 9.17) is 14.2 Å². The molecule has 6 heteroatoms. The van der Waals surface area contributed by atoms with Crippen LogP contribution in [0.15, 0.2) is 15.5 Å². The number of rotatable bonds is 3. The van der Waals surface area contributed by atoms with Crippen molar-refractivity contribution in [1.82, 2.24) is 0 Å². The maximum absolute atomic E-state index is 10.6. The molecule has 1 aromatic carbocycles. The molecule has 19 heavy (non-hydrogen) atoms. The lowest BCUT2D eigenvalue weighted by Crippen LogP contribution is -2.17. The smallest absolute Gasteiger partial charge is 0.235 e. The van der Waals surface area contributed by atoms with Crippen LogP contribution in [0.5, 0.6) is 17.2 Å². The summed E-state index contributed by atoms with van der Waals surface area (Å²) in [4.78, 5) is 14.5. The van der Waals surface area contributed by atoms with Crippen LogP contribution in [-0.4, -0.2) is 26.4 Å². The molecule has 5 nitrogen and oxygen atoms in total. The zero-order chi connectivity index (χ0) is 13.5. The molecule has 1 fully saturated rings. The molecule has 0 amide bonds. The van der Waals surface area contributed by atoms with Gasteiger partial charge >= 0.3 is 0 Å². The summed E-state index contributed by atoms with van der Waals surface area (Å²) >= 11 is 3.48. The first-order valence-electron chi connectivity index (χ1n) is 5.97. The molecule has 1 aliphatic carbocycles. The Labute approximate surface area is 118 Å². The van der Waals surface area contributed by atoms with E-state index in [0.717, 1.165) is 18.4 Å². The number of nitrogens with zero attached hydrogens (tertiary/aromatic N) is 1. The number of isocyanates is 1. The van der Waals surface area contributed by atoms with E-state index in [1.165, 1.54) is 0 Å². The van der Waals surface area contributed by atoms with Crippen LogP contribution in [0, 0.1) is 0 Å². The molecule has 1 aliphatic heterocycles. The van der Waals surface area contributed by atoms with E-state index in [-0.39, 0.29) is 0 Å². The van der Waals surface area contributed by atoms with Crippen molar-refractivity contribution in [3.63, 3.8) is 0 Å². The molecule has 0 aromatic heterocycles. The SMILES string of the molecule is COc1c(C2(N=C=O)CC2)cc2c(c1Br)OCCO2. The van der Waals surface area contributed by atoms with Crippen molar-refractivity contribution in [3.8, 4) is 17.2 Å². The number of ether oxygens (including phenoxy) is 3. The van der Waals surface area contributed by atoms with Crippen molar-refractivity contribution in [1.29, 1.82) is 0 Å². The van der Waals surface area contributed by atoms with Crippen molar-refractivity contribution >= 4 is 22.0 Å². The number of aliphatic imine (C=N–C) groups is 1. The number of fused-ring (bicyclic) bond motifs is 1. The van der Waals surface area contributed by atoms with Crippen LogP contribution in [0.3, 0.4) is 0 Å². The Morgan fingerprint density at radius 1 is 1.42 bits per heavy atom. The first-order valence-corrected chi connectivity index (χ1v) is 6.77. The van der Waals surface area contributed by atoms with E-state index < -0.39 is 5.54 Å². The Hall–Kier alpha value is -1.52. The molecule has 100 valence electrons. The average molecular weight is 326 g/mol. The summed E-state index contributed by atoms with van der Waals surface area (Å²) in [6, 6.07) is 1.85. The zero-order valence-electron chi connectivity index (χ0n) is 10.4. The first kappa shape index (κ1) is 12.5. The largest absolute Gasteiger partial charge is 0.495 e. The van der Waals surface area contributed by atoms with Gasteiger partial charge in [0.05, 0.1) is 7.11 Å². The number of hydrogen-bond acceptors (Lipinski definition) is 5. The Bertz CT molecular complexity index is 576. The van der Waals surface area contributed by atoms with Crippen molar-refractivity contribution in [2.45, 2.75) is 18.4 Å². The monoisotopic (exact) mass is 325 g/mol. The Morgan fingerprint density at radius 2 is 2.16 bits per heavy atom. The third kappa shape index (κ3) is 1.91. The molecule has 0 saturated heterocycles. The van der Waals surface area contributed by atoms with Crippen molar-refractivity contribution < 1.29 is 19.0 Å². The second-order valence-electron chi connectivity index (χ2n) is 4.53. The van der Waals surface area contributed by atoms with E-state index in [9.17, 15) is 4.79 Å². The van der Waals surface area contributed by atoms with Gasteiger partial charge in [-0.05, 0) is 34.8 Å². The number of benzene rings is 1. The number of hydrogen-bond donors (Lipinski definition) is 0. The molecule has 2 aliphatic rings. The molecule has 0 N–H and O–H groups in total. The molecular formula is C13H12BrNO4.